The highest BCUT2D eigenvalue weighted by atomic mass is 32.2. The summed E-state index contributed by atoms with van der Waals surface area (Å²) in [7, 11) is 0. The fraction of sp³-hybridized carbons (Fsp3) is 0.286. The SMILES string of the molecule is C=C(N)/C(=C\SC)NC(C)=O. The molecule has 0 heterocycles. The zero-order valence-corrected chi connectivity index (χ0v) is 7.49. The highest BCUT2D eigenvalue weighted by Gasteiger charge is 1.98. The lowest BCUT2D eigenvalue weighted by molar-refractivity contribution is -0.118. The van der Waals surface area contributed by atoms with Crippen molar-refractivity contribution < 1.29 is 4.79 Å². The first-order chi connectivity index (χ1) is 5.07. The van der Waals surface area contributed by atoms with Gasteiger partial charge in [-0.1, -0.05) is 6.58 Å². The summed E-state index contributed by atoms with van der Waals surface area (Å²) in [5.74, 6) is -0.142. The average Bonchev–Trinajstić information content (AvgIpc) is 1.86. The van der Waals surface area contributed by atoms with Gasteiger partial charge >= 0.3 is 0 Å². The predicted octanol–water partition coefficient (Wildman–Crippen LogP) is 0.799. The number of rotatable bonds is 3. The van der Waals surface area contributed by atoms with E-state index in [1.807, 2.05) is 6.26 Å². The molecule has 0 aromatic carbocycles. The van der Waals surface area contributed by atoms with Crippen LogP contribution in [0.1, 0.15) is 6.92 Å². The van der Waals surface area contributed by atoms with E-state index in [4.69, 9.17) is 5.73 Å². The maximum Gasteiger partial charge on any atom is 0.221 e. The van der Waals surface area contributed by atoms with Crippen LogP contribution in [0.2, 0.25) is 0 Å². The molecular formula is C7H12N2OS. The normalized spacial score (nSPS) is 10.9. The molecule has 0 unspecified atom stereocenters. The van der Waals surface area contributed by atoms with E-state index in [1.165, 1.54) is 18.7 Å². The number of thioether (sulfide) groups is 1. The van der Waals surface area contributed by atoms with Gasteiger partial charge in [0.2, 0.25) is 5.91 Å². The molecule has 11 heavy (non-hydrogen) atoms. The van der Waals surface area contributed by atoms with E-state index in [0.717, 1.165) is 0 Å². The lowest BCUT2D eigenvalue weighted by Crippen LogP contribution is -2.22. The van der Waals surface area contributed by atoms with Crippen LogP contribution in [-0.2, 0) is 4.79 Å². The third-order valence-corrected chi connectivity index (χ3v) is 1.36. The summed E-state index contributed by atoms with van der Waals surface area (Å²) in [6.07, 6.45) is 1.88. The smallest absolute Gasteiger partial charge is 0.221 e. The van der Waals surface area contributed by atoms with Gasteiger partial charge in [-0.05, 0) is 11.7 Å². The van der Waals surface area contributed by atoms with Gasteiger partial charge in [0.25, 0.3) is 0 Å². The molecule has 0 rings (SSSR count). The number of carbonyl (C=O) groups is 1. The summed E-state index contributed by atoms with van der Waals surface area (Å²) in [6, 6.07) is 0. The van der Waals surface area contributed by atoms with Crippen molar-refractivity contribution in [3.05, 3.63) is 23.4 Å². The Hall–Kier alpha value is -0.900. The van der Waals surface area contributed by atoms with E-state index in [9.17, 15) is 4.79 Å². The van der Waals surface area contributed by atoms with Crippen molar-refractivity contribution in [1.82, 2.24) is 5.32 Å². The molecule has 62 valence electrons. The summed E-state index contributed by atoms with van der Waals surface area (Å²) in [5.41, 5.74) is 6.32. The minimum Gasteiger partial charge on any atom is -0.398 e. The Kier molecular flexibility index (Phi) is 4.45. The van der Waals surface area contributed by atoms with E-state index in [1.54, 1.807) is 5.41 Å². The quantitative estimate of drug-likeness (QED) is 0.619. The molecule has 0 saturated heterocycles. The van der Waals surface area contributed by atoms with E-state index in [-0.39, 0.29) is 5.91 Å². The van der Waals surface area contributed by atoms with Crippen LogP contribution in [0.15, 0.2) is 23.4 Å². The third kappa shape index (κ3) is 4.50. The van der Waals surface area contributed by atoms with Gasteiger partial charge in [0.15, 0.2) is 0 Å². The molecule has 0 bridgehead atoms. The van der Waals surface area contributed by atoms with Gasteiger partial charge in [-0.15, -0.1) is 11.8 Å². The molecule has 3 N–H and O–H groups in total. The number of nitrogens with one attached hydrogen (secondary N) is 1. The number of amides is 1. The second kappa shape index (κ2) is 4.85. The number of carbonyl (C=O) groups excluding carboxylic acids is 1. The van der Waals surface area contributed by atoms with Crippen molar-refractivity contribution in [1.29, 1.82) is 0 Å². The van der Waals surface area contributed by atoms with Crippen LogP contribution in [-0.4, -0.2) is 12.2 Å². The fourth-order valence-corrected chi connectivity index (χ4v) is 0.939. The van der Waals surface area contributed by atoms with Gasteiger partial charge in [-0.25, -0.2) is 0 Å². The number of hydrogen-bond donors (Lipinski definition) is 2. The molecule has 0 aliphatic carbocycles. The van der Waals surface area contributed by atoms with Crippen LogP contribution in [0.5, 0.6) is 0 Å². The molecular weight excluding hydrogens is 160 g/mol. The number of nitrogens with two attached hydrogens (primary N) is 1. The van der Waals surface area contributed by atoms with E-state index < -0.39 is 0 Å². The molecule has 0 aromatic heterocycles. The first kappa shape index (κ1) is 10.1. The summed E-state index contributed by atoms with van der Waals surface area (Å²) in [5, 5.41) is 4.30. The average molecular weight is 172 g/mol. The predicted molar refractivity (Wildman–Crippen MR) is 48.7 cm³/mol. The van der Waals surface area contributed by atoms with Gasteiger partial charge in [0, 0.05) is 12.6 Å². The van der Waals surface area contributed by atoms with Crippen LogP contribution >= 0.6 is 11.8 Å². The largest absolute Gasteiger partial charge is 0.398 e. The monoisotopic (exact) mass is 172 g/mol. The van der Waals surface area contributed by atoms with Crippen LogP contribution in [0.4, 0.5) is 0 Å². The molecule has 0 fully saturated rings. The Labute approximate surface area is 70.7 Å². The summed E-state index contributed by atoms with van der Waals surface area (Å²) >= 11 is 1.46. The Morgan fingerprint density at radius 3 is 2.55 bits per heavy atom. The van der Waals surface area contributed by atoms with Crippen molar-refractivity contribution in [2.45, 2.75) is 6.92 Å². The lowest BCUT2D eigenvalue weighted by Gasteiger charge is -2.05. The van der Waals surface area contributed by atoms with Crippen LogP contribution in [0.3, 0.4) is 0 Å². The first-order valence-electron chi connectivity index (χ1n) is 3.03. The zero-order valence-electron chi connectivity index (χ0n) is 6.68. The second-order valence-electron chi connectivity index (χ2n) is 1.97. The van der Waals surface area contributed by atoms with Crippen LogP contribution in [0, 0.1) is 0 Å². The van der Waals surface area contributed by atoms with Gasteiger partial charge in [-0.3, -0.25) is 4.79 Å². The van der Waals surface area contributed by atoms with Gasteiger partial charge in [-0.2, -0.15) is 0 Å². The van der Waals surface area contributed by atoms with E-state index >= 15 is 0 Å². The summed E-state index contributed by atoms with van der Waals surface area (Å²) < 4.78 is 0. The third-order valence-electron chi connectivity index (χ3n) is 0.892. The van der Waals surface area contributed by atoms with Crippen LogP contribution < -0.4 is 11.1 Å². The Morgan fingerprint density at radius 2 is 2.27 bits per heavy atom. The molecule has 0 radical (unpaired) electrons. The summed E-state index contributed by atoms with van der Waals surface area (Å²) in [4.78, 5) is 10.6. The van der Waals surface area contributed by atoms with Gasteiger partial charge in [0.05, 0.1) is 5.70 Å². The van der Waals surface area contributed by atoms with Crippen molar-refractivity contribution in [2.75, 3.05) is 6.26 Å². The standard InChI is InChI=1S/C7H12N2OS/c1-5(8)7(4-11-3)9-6(2)10/h4H,1,8H2,2-3H3,(H,9,10)/b7-4+. The van der Waals surface area contributed by atoms with E-state index in [2.05, 4.69) is 11.9 Å². The second-order valence-corrected chi connectivity index (χ2v) is 2.68. The van der Waals surface area contributed by atoms with Crippen LogP contribution in [0.25, 0.3) is 0 Å². The highest BCUT2D eigenvalue weighted by Crippen LogP contribution is 2.04. The Bertz CT molecular complexity index is 199. The Morgan fingerprint density at radius 1 is 1.73 bits per heavy atom. The fourth-order valence-electron chi connectivity index (χ4n) is 0.493. The minimum absolute atomic E-state index is 0.142. The van der Waals surface area contributed by atoms with Crippen molar-refractivity contribution in [3.8, 4) is 0 Å². The maximum absolute atomic E-state index is 10.6. The molecule has 0 saturated carbocycles. The van der Waals surface area contributed by atoms with Gasteiger partial charge < -0.3 is 11.1 Å². The van der Waals surface area contributed by atoms with E-state index in [0.29, 0.717) is 11.4 Å². The maximum atomic E-state index is 10.6. The van der Waals surface area contributed by atoms with Gasteiger partial charge in [0.1, 0.15) is 0 Å². The molecule has 0 aromatic rings. The molecule has 0 spiro atoms. The number of hydrogen-bond acceptors (Lipinski definition) is 3. The molecule has 3 nitrogen and oxygen atoms in total. The zero-order chi connectivity index (χ0) is 8.85. The first-order valence-corrected chi connectivity index (χ1v) is 4.32. The Balaban J connectivity index is 4.23. The minimum atomic E-state index is -0.142. The molecule has 0 atom stereocenters. The topological polar surface area (TPSA) is 55.1 Å². The van der Waals surface area contributed by atoms with Crippen molar-refractivity contribution in [3.63, 3.8) is 0 Å². The molecule has 1 amide bonds. The van der Waals surface area contributed by atoms with Crippen molar-refractivity contribution >= 4 is 17.7 Å². The molecule has 0 aliphatic heterocycles. The van der Waals surface area contributed by atoms with Crippen molar-refractivity contribution in [2.24, 2.45) is 5.73 Å². The lowest BCUT2D eigenvalue weighted by atomic mass is 10.4. The molecule has 4 heteroatoms. The highest BCUT2D eigenvalue weighted by molar-refractivity contribution is 8.01. The summed E-state index contributed by atoms with van der Waals surface area (Å²) in [6.45, 7) is 4.94. The molecule has 0 aliphatic rings.